The molecule has 0 spiro atoms. The zero-order valence-corrected chi connectivity index (χ0v) is 14.4. The fraction of sp³-hybridized carbons (Fsp3) is 0.556. The molecule has 0 unspecified atom stereocenters. The van der Waals surface area contributed by atoms with E-state index in [1.807, 2.05) is 0 Å². The molecule has 116 valence electrons. The van der Waals surface area contributed by atoms with Crippen LogP contribution in [0, 0.1) is 0 Å². The minimum Gasteiger partial charge on any atom is -0.357 e. The van der Waals surface area contributed by atoms with Gasteiger partial charge in [-0.05, 0) is 62.4 Å². The molecule has 3 nitrogen and oxygen atoms in total. The first-order chi connectivity index (χ1) is 10.8. The molecule has 2 aromatic rings. The largest absolute Gasteiger partial charge is 0.357 e. The number of fused-ring (bicyclic) bond motifs is 7. The molecular weight excluding hydrogens is 338 g/mol. The fourth-order valence-corrected chi connectivity index (χ4v) is 5.28. The summed E-state index contributed by atoms with van der Waals surface area (Å²) in [4.78, 5) is 9.27. The summed E-state index contributed by atoms with van der Waals surface area (Å²) >= 11 is 3.63. The predicted molar refractivity (Wildman–Crippen MR) is 93.0 cm³/mol. The Kier molecular flexibility index (Phi) is 3.14. The number of halogens is 1. The van der Waals surface area contributed by atoms with Gasteiger partial charge in [0.25, 0.3) is 0 Å². The highest BCUT2D eigenvalue weighted by atomic mass is 79.9. The van der Waals surface area contributed by atoms with Crippen LogP contribution in [0.1, 0.15) is 43.0 Å². The molecule has 4 heteroatoms. The maximum Gasteiger partial charge on any atom is 0.0628 e. The van der Waals surface area contributed by atoms with Gasteiger partial charge in [-0.2, -0.15) is 0 Å². The van der Waals surface area contributed by atoms with Gasteiger partial charge in [-0.15, -0.1) is 0 Å². The summed E-state index contributed by atoms with van der Waals surface area (Å²) in [5.74, 6) is 0. The van der Waals surface area contributed by atoms with Crippen LogP contribution >= 0.6 is 15.9 Å². The van der Waals surface area contributed by atoms with Crippen molar-refractivity contribution >= 4 is 26.8 Å². The monoisotopic (exact) mass is 359 g/mol. The number of aromatic amines is 1. The molecule has 5 rings (SSSR count). The van der Waals surface area contributed by atoms with E-state index in [1.165, 1.54) is 72.8 Å². The van der Waals surface area contributed by atoms with Gasteiger partial charge >= 0.3 is 0 Å². The summed E-state index contributed by atoms with van der Waals surface area (Å²) in [6, 6.07) is 7.26. The summed E-state index contributed by atoms with van der Waals surface area (Å²) in [6.07, 6.45) is 7.30. The van der Waals surface area contributed by atoms with Crippen molar-refractivity contribution in [3.05, 3.63) is 33.9 Å². The maximum absolute atomic E-state index is 3.76. The third-order valence-corrected chi connectivity index (χ3v) is 6.40. The van der Waals surface area contributed by atoms with Crippen LogP contribution in [0.2, 0.25) is 0 Å². The molecule has 0 radical (unpaired) electrons. The lowest BCUT2D eigenvalue weighted by molar-refractivity contribution is -0.0599. The number of rotatable bonds is 0. The molecule has 0 bridgehead atoms. The van der Waals surface area contributed by atoms with Crippen molar-refractivity contribution in [2.24, 2.45) is 0 Å². The molecular formula is C18H22BrN3. The Morgan fingerprint density at radius 3 is 3.00 bits per heavy atom. The lowest BCUT2D eigenvalue weighted by Crippen LogP contribution is -2.58. The quantitative estimate of drug-likeness (QED) is 0.766. The van der Waals surface area contributed by atoms with E-state index in [4.69, 9.17) is 0 Å². The standard InChI is InChI=1S/C18H22BrN3/c19-12-4-5-15-14(11-12)13-6-10-22-16(18(13)20-15)7-9-21-8-2-1-3-17(21)22/h4-5,11,16-17,20H,1-3,6-10H2/t16-,17-/m1/s1. The number of hydrogen-bond donors (Lipinski definition) is 1. The van der Waals surface area contributed by atoms with Crippen LogP contribution in [0.5, 0.6) is 0 Å². The topological polar surface area (TPSA) is 22.3 Å². The number of aromatic nitrogens is 1. The molecule has 3 aliphatic heterocycles. The van der Waals surface area contributed by atoms with E-state index in [0.29, 0.717) is 12.2 Å². The third-order valence-electron chi connectivity index (χ3n) is 5.91. The average molecular weight is 360 g/mol. The Labute approximate surface area is 139 Å². The average Bonchev–Trinajstić information content (AvgIpc) is 2.92. The van der Waals surface area contributed by atoms with Crippen molar-refractivity contribution < 1.29 is 0 Å². The van der Waals surface area contributed by atoms with Crippen LogP contribution in [0.15, 0.2) is 22.7 Å². The molecule has 1 aromatic heterocycles. The molecule has 3 aliphatic rings. The number of H-pyrrole nitrogens is 1. The predicted octanol–water partition coefficient (Wildman–Crippen LogP) is 4.05. The van der Waals surface area contributed by atoms with E-state index in [9.17, 15) is 0 Å². The third kappa shape index (κ3) is 1.93. The van der Waals surface area contributed by atoms with Gasteiger partial charge in [-0.3, -0.25) is 9.80 Å². The highest BCUT2D eigenvalue weighted by Gasteiger charge is 2.41. The van der Waals surface area contributed by atoms with Crippen LogP contribution in [0.4, 0.5) is 0 Å². The molecule has 0 aliphatic carbocycles. The van der Waals surface area contributed by atoms with Gasteiger partial charge in [0, 0.05) is 34.2 Å². The van der Waals surface area contributed by atoms with Gasteiger partial charge in [0.2, 0.25) is 0 Å². The normalized spacial score (nSPS) is 29.1. The van der Waals surface area contributed by atoms with Gasteiger partial charge in [0.1, 0.15) is 0 Å². The fourth-order valence-electron chi connectivity index (χ4n) is 4.92. The van der Waals surface area contributed by atoms with Crippen molar-refractivity contribution in [1.29, 1.82) is 0 Å². The first-order valence-electron chi connectivity index (χ1n) is 8.61. The van der Waals surface area contributed by atoms with E-state index < -0.39 is 0 Å². The Balaban J connectivity index is 1.58. The molecule has 0 amide bonds. The molecule has 2 atom stereocenters. The first-order valence-corrected chi connectivity index (χ1v) is 9.40. The minimum absolute atomic E-state index is 0.606. The van der Waals surface area contributed by atoms with Gasteiger partial charge in [0.05, 0.1) is 12.2 Å². The smallest absolute Gasteiger partial charge is 0.0628 e. The minimum atomic E-state index is 0.606. The molecule has 0 saturated carbocycles. The summed E-state index contributed by atoms with van der Waals surface area (Å²) in [5.41, 5.74) is 4.38. The summed E-state index contributed by atoms with van der Waals surface area (Å²) < 4.78 is 1.19. The van der Waals surface area contributed by atoms with Gasteiger partial charge in [-0.1, -0.05) is 15.9 Å². The maximum atomic E-state index is 3.76. The SMILES string of the molecule is Brc1ccc2[nH]c3c(c2c1)CCN1[C@@H]3CCN2CCCC[C@H]21. The van der Waals surface area contributed by atoms with Gasteiger partial charge in [0.15, 0.2) is 0 Å². The van der Waals surface area contributed by atoms with Crippen molar-refractivity contribution in [2.75, 3.05) is 19.6 Å². The van der Waals surface area contributed by atoms with Crippen molar-refractivity contribution in [3.63, 3.8) is 0 Å². The van der Waals surface area contributed by atoms with Crippen molar-refractivity contribution in [2.45, 2.75) is 44.3 Å². The van der Waals surface area contributed by atoms with Crippen LogP contribution < -0.4 is 0 Å². The highest BCUT2D eigenvalue weighted by molar-refractivity contribution is 9.10. The van der Waals surface area contributed by atoms with E-state index >= 15 is 0 Å². The van der Waals surface area contributed by atoms with Crippen LogP contribution in [-0.2, 0) is 6.42 Å². The second-order valence-electron chi connectivity index (χ2n) is 7.01. The zero-order valence-electron chi connectivity index (χ0n) is 12.8. The number of hydrogen-bond acceptors (Lipinski definition) is 2. The van der Waals surface area contributed by atoms with Crippen molar-refractivity contribution in [3.8, 4) is 0 Å². The lowest BCUT2D eigenvalue weighted by Gasteiger charge is -2.52. The number of benzene rings is 1. The highest BCUT2D eigenvalue weighted by Crippen LogP contribution is 2.42. The van der Waals surface area contributed by atoms with Crippen molar-refractivity contribution in [1.82, 2.24) is 14.8 Å². The number of nitrogens with one attached hydrogen (secondary N) is 1. The second-order valence-corrected chi connectivity index (χ2v) is 7.93. The zero-order chi connectivity index (χ0) is 14.7. The Morgan fingerprint density at radius 2 is 2.05 bits per heavy atom. The summed E-state index contributed by atoms with van der Waals surface area (Å²) in [6.45, 7) is 3.79. The molecule has 1 N–H and O–H groups in total. The van der Waals surface area contributed by atoms with E-state index in [0.717, 1.165) is 0 Å². The molecule has 2 fully saturated rings. The molecule has 2 saturated heterocycles. The number of nitrogens with zero attached hydrogens (tertiary/aromatic N) is 2. The van der Waals surface area contributed by atoms with E-state index in [2.05, 4.69) is 48.9 Å². The van der Waals surface area contributed by atoms with Crippen LogP contribution in [0.25, 0.3) is 10.9 Å². The summed E-state index contributed by atoms with van der Waals surface area (Å²) in [5, 5.41) is 1.43. The molecule has 22 heavy (non-hydrogen) atoms. The first kappa shape index (κ1) is 13.6. The van der Waals surface area contributed by atoms with Crippen LogP contribution in [0.3, 0.4) is 0 Å². The van der Waals surface area contributed by atoms with Gasteiger partial charge in [-0.25, -0.2) is 0 Å². The van der Waals surface area contributed by atoms with Gasteiger partial charge < -0.3 is 4.98 Å². The second kappa shape index (κ2) is 5.08. The molecule has 1 aromatic carbocycles. The Bertz CT molecular complexity index is 722. The molecule has 4 heterocycles. The lowest BCUT2D eigenvalue weighted by atomic mass is 9.90. The Hall–Kier alpha value is -0.840. The van der Waals surface area contributed by atoms with E-state index in [-0.39, 0.29) is 0 Å². The Morgan fingerprint density at radius 1 is 1.09 bits per heavy atom. The van der Waals surface area contributed by atoms with Crippen LogP contribution in [-0.4, -0.2) is 40.6 Å². The van der Waals surface area contributed by atoms with E-state index in [1.54, 1.807) is 5.56 Å². The number of piperidine rings is 1. The summed E-state index contributed by atoms with van der Waals surface area (Å²) in [7, 11) is 0.